The molecule has 0 amide bonds. The van der Waals surface area contributed by atoms with Crippen molar-refractivity contribution in [3.8, 4) is 0 Å². The fourth-order valence-corrected chi connectivity index (χ4v) is 4.42. The van der Waals surface area contributed by atoms with E-state index in [0.717, 1.165) is 24.8 Å². The molecule has 1 N–H and O–H groups in total. The molecule has 0 aliphatic heterocycles. The van der Waals surface area contributed by atoms with Crippen LogP contribution in [0.15, 0.2) is 24.3 Å². The molecule has 0 atom stereocenters. The summed E-state index contributed by atoms with van der Waals surface area (Å²) in [5.74, 6) is 0.583. The van der Waals surface area contributed by atoms with E-state index in [1.54, 1.807) is 0 Å². The van der Waals surface area contributed by atoms with Gasteiger partial charge in [-0.2, -0.15) is 0 Å². The molecule has 112 valence electrons. The predicted molar refractivity (Wildman–Crippen MR) is 83.4 cm³/mol. The highest BCUT2D eigenvalue weighted by Gasteiger charge is 2.41. The fraction of sp³-hybridized carbons (Fsp3) is 0.600. The van der Waals surface area contributed by atoms with Crippen molar-refractivity contribution in [2.75, 3.05) is 5.75 Å². The van der Waals surface area contributed by atoms with E-state index >= 15 is 0 Å². The summed E-state index contributed by atoms with van der Waals surface area (Å²) >= 11 is 5.90. The maximum atomic E-state index is 12.2. The SMILES string of the molecule is CC(C)CCS(=O)(=O)NC1(c2ccc(Cl)cc2)CCC1. The number of sulfonamides is 1. The van der Waals surface area contributed by atoms with Crippen LogP contribution in [-0.2, 0) is 15.6 Å². The zero-order valence-corrected chi connectivity index (χ0v) is 13.6. The van der Waals surface area contributed by atoms with Gasteiger partial charge < -0.3 is 0 Å². The third-order valence-electron chi connectivity index (χ3n) is 3.92. The van der Waals surface area contributed by atoms with Crippen molar-refractivity contribution in [3.63, 3.8) is 0 Å². The second kappa shape index (κ2) is 6.04. The summed E-state index contributed by atoms with van der Waals surface area (Å²) in [6.07, 6.45) is 3.45. The van der Waals surface area contributed by atoms with Crippen LogP contribution in [0, 0.1) is 5.92 Å². The lowest BCUT2D eigenvalue weighted by atomic mass is 9.73. The molecule has 0 unspecified atom stereocenters. The van der Waals surface area contributed by atoms with E-state index in [-0.39, 0.29) is 5.75 Å². The molecule has 0 heterocycles. The van der Waals surface area contributed by atoms with Gasteiger partial charge in [-0.1, -0.05) is 37.6 Å². The first-order chi connectivity index (χ1) is 9.33. The molecule has 1 aliphatic rings. The molecule has 0 radical (unpaired) electrons. The number of benzene rings is 1. The molecule has 1 aromatic carbocycles. The fourth-order valence-electron chi connectivity index (χ4n) is 2.49. The Kier molecular flexibility index (Phi) is 4.77. The van der Waals surface area contributed by atoms with Crippen LogP contribution in [0.1, 0.15) is 45.1 Å². The normalized spacial score (nSPS) is 18.0. The highest BCUT2D eigenvalue weighted by atomic mass is 35.5. The van der Waals surface area contributed by atoms with Crippen molar-refractivity contribution in [1.29, 1.82) is 0 Å². The van der Waals surface area contributed by atoms with E-state index < -0.39 is 15.6 Å². The highest BCUT2D eigenvalue weighted by molar-refractivity contribution is 7.89. The Morgan fingerprint density at radius 3 is 2.30 bits per heavy atom. The number of hydrogen-bond donors (Lipinski definition) is 1. The summed E-state index contributed by atoms with van der Waals surface area (Å²) in [7, 11) is -3.24. The van der Waals surface area contributed by atoms with E-state index in [9.17, 15) is 8.42 Å². The molecular weight excluding hydrogens is 294 g/mol. The average Bonchev–Trinajstić information content (AvgIpc) is 2.33. The van der Waals surface area contributed by atoms with Crippen molar-refractivity contribution in [2.45, 2.75) is 45.1 Å². The lowest BCUT2D eigenvalue weighted by molar-refractivity contribution is 0.224. The van der Waals surface area contributed by atoms with Gasteiger partial charge in [0.15, 0.2) is 0 Å². The van der Waals surface area contributed by atoms with Crippen LogP contribution in [-0.4, -0.2) is 14.2 Å². The predicted octanol–water partition coefficient (Wildman–Crippen LogP) is 3.68. The molecule has 2 rings (SSSR count). The van der Waals surface area contributed by atoms with Gasteiger partial charge >= 0.3 is 0 Å². The van der Waals surface area contributed by atoms with Gasteiger partial charge in [-0.25, -0.2) is 13.1 Å². The number of hydrogen-bond acceptors (Lipinski definition) is 2. The van der Waals surface area contributed by atoms with E-state index in [0.29, 0.717) is 17.4 Å². The Hall–Kier alpha value is -0.580. The first-order valence-electron chi connectivity index (χ1n) is 7.11. The molecule has 0 saturated heterocycles. The lowest BCUT2D eigenvalue weighted by Gasteiger charge is -2.42. The van der Waals surface area contributed by atoms with Crippen LogP contribution >= 0.6 is 11.6 Å². The zero-order chi connectivity index (χ0) is 14.8. The Bertz CT molecular complexity index is 548. The smallest absolute Gasteiger partial charge is 0.212 e. The maximum Gasteiger partial charge on any atom is 0.212 e. The van der Waals surface area contributed by atoms with Crippen molar-refractivity contribution in [1.82, 2.24) is 4.72 Å². The van der Waals surface area contributed by atoms with Gasteiger partial charge in [0.2, 0.25) is 10.0 Å². The average molecular weight is 316 g/mol. The van der Waals surface area contributed by atoms with Crippen LogP contribution < -0.4 is 4.72 Å². The lowest BCUT2D eigenvalue weighted by Crippen LogP contribution is -2.51. The highest BCUT2D eigenvalue weighted by Crippen LogP contribution is 2.42. The third kappa shape index (κ3) is 3.74. The molecule has 0 spiro atoms. The van der Waals surface area contributed by atoms with Gasteiger partial charge in [0.25, 0.3) is 0 Å². The monoisotopic (exact) mass is 315 g/mol. The van der Waals surface area contributed by atoms with Gasteiger partial charge in [0, 0.05) is 5.02 Å². The molecule has 1 aliphatic carbocycles. The molecule has 1 saturated carbocycles. The number of nitrogens with one attached hydrogen (secondary N) is 1. The first-order valence-corrected chi connectivity index (χ1v) is 9.14. The van der Waals surface area contributed by atoms with E-state index in [2.05, 4.69) is 4.72 Å². The Morgan fingerprint density at radius 1 is 1.25 bits per heavy atom. The van der Waals surface area contributed by atoms with Crippen LogP contribution in [0.3, 0.4) is 0 Å². The molecule has 0 aromatic heterocycles. The molecule has 20 heavy (non-hydrogen) atoms. The Morgan fingerprint density at radius 2 is 1.85 bits per heavy atom. The Balaban J connectivity index is 2.14. The summed E-state index contributed by atoms with van der Waals surface area (Å²) in [4.78, 5) is 0. The molecule has 3 nitrogen and oxygen atoms in total. The standard InChI is InChI=1S/C15H22ClNO2S/c1-12(2)8-11-20(18,19)17-15(9-3-10-15)13-4-6-14(16)7-5-13/h4-7,12,17H,3,8-11H2,1-2H3. The third-order valence-corrected chi connectivity index (χ3v) is 5.65. The Labute approximate surface area is 126 Å². The van der Waals surface area contributed by atoms with E-state index in [1.807, 2.05) is 38.1 Å². The summed E-state index contributed by atoms with van der Waals surface area (Å²) in [5.41, 5.74) is 0.599. The van der Waals surface area contributed by atoms with Crippen LogP contribution in [0.2, 0.25) is 5.02 Å². The van der Waals surface area contributed by atoms with Gasteiger partial charge in [0.1, 0.15) is 0 Å². The quantitative estimate of drug-likeness (QED) is 0.870. The second-order valence-corrected chi connectivity index (χ2v) is 8.32. The minimum atomic E-state index is -3.24. The van der Waals surface area contributed by atoms with Crippen LogP contribution in [0.25, 0.3) is 0 Å². The van der Waals surface area contributed by atoms with Crippen LogP contribution in [0.5, 0.6) is 0 Å². The number of halogens is 1. The molecule has 1 aromatic rings. The molecule has 5 heteroatoms. The van der Waals surface area contributed by atoms with Crippen molar-refractivity contribution < 1.29 is 8.42 Å². The number of rotatable bonds is 6. The van der Waals surface area contributed by atoms with Gasteiger partial charge in [-0.15, -0.1) is 0 Å². The topological polar surface area (TPSA) is 46.2 Å². The van der Waals surface area contributed by atoms with Crippen molar-refractivity contribution in [3.05, 3.63) is 34.9 Å². The van der Waals surface area contributed by atoms with Gasteiger partial charge in [-0.3, -0.25) is 0 Å². The minimum absolute atomic E-state index is 0.194. The summed E-state index contributed by atoms with van der Waals surface area (Å²) in [6.45, 7) is 4.07. The molecule has 0 bridgehead atoms. The summed E-state index contributed by atoms with van der Waals surface area (Å²) in [5, 5.41) is 0.672. The van der Waals surface area contributed by atoms with Crippen molar-refractivity contribution in [2.24, 2.45) is 5.92 Å². The second-order valence-electron chi connectivity index (χ2n) is 6.05. The summed E-state index contributed by atoms with van der Waals surface area (Å²) in [6, 6.07) is 7.48. The van der Waals surface area contributed by atoms with E-state index in [1.165, 1.54) is 0 Å². The molecule has 1 fully saturated rings. The zero-order valence-electron chi connectivity index (χ0n) is 12.0. The van der Waals surface area contributed by atoms with Gasteiger partial charge in [0.05, 0.1) is 11.3 Å². The summed E-state index contributed by atoms with van der Waals surface area (Å²) < 4.78 is 27.4. The maximum absolute atomic E-state index is 12.2. The largest absolute Gasteiger partial charge is 0.212 e. The van der Waals surface area contributed by atoms with Crippen LogP contribution in [0.4, 0.5) is 0 Å². The minimum Gasteiger partial charge on any atom is -0.212 e. The van der Waals surface area contributed by atoms with E-state index in [4.69, 9.17) is 11.6 Å². The first kappa shape index (κ1) is 15.8. The van der Waals surface area contributed by atoms with Gasteiger partial charge in [-0.05, 0) is 49.3 Å². The molecular formula is C15H22ClNO2S. The van der Waals surface area contributed by atoms with Crippen molar-refractivity contribution >= 4 is 21.6 Å².